The molecule has 2 atom stereocenters. The number of nitrogens with one attached hydrogen (secondary N) is 3. The molecule has 3 heterocycles. The van der Waals surface area contributed by atoms with Crippen molar-refractivity contribution in [2.45, 2.75) is 64.0 Å². The zero-order valence-corrected chi connectivity index (χ0v) is 17.1. The molecule has 6 bridgehead atoms. The third-order valence-electron chi connectivity index (χ3n) is 5.58. The van der Waals surface area contributed by atoms with Gasteiger partial charge in [0, 0.05) is 42.4 Å². The molecule has 3 N–H and O–H groups in total. The van der Waals surface area contributed by atoms with Gasteiger partial charge in [0.05, 0.1) is 6.61 Å². The second-order valence-corrected chi connectivity index (χ2v) is 8.21. The molecule has 2 aliphatic rings. The Morgan fingerprint density at radius 1 is 1.28 bits per heavy atom. The minimum Gasteiger partial charge on any atom is -0.478 e. The van der Waals surface area contributed by atoms with Crippen LogP contribution in [0.4, 0.5) is 16.4 Å². The number of aromatic amines is 1. The van der Waals surface area contributed by atoms with Crippen LogP contribution in [0.1, 0.15) is 57.6 Å². The van der Waals surface area contributed by atoms with E-state index in [1.165, 1.54) is 0 Å². The van der Waals surface area contributed by atoms with Gasteiger partial charge in [0.2, 0.25) is 5.88 Å². The number of fused-ring (bicyclic) bond motifs is 7. The summed E-state index contributed by atoms with van der Waals surface area (Å²) in [6.07, 6.45) is 4.79. The number of rotatable bonds is 1. The van der Waals surface area contributed by atoms with Gasteiger partial charge >= 0.3 is 6.03 Å². The lowest BCUT2D eigenvalue weighted by Crippen LogP contribution is -2.47. The van der Waals surface area contributed by atoms with Crippen LogP contribution in [0.2, 0.25) is 0 Å². The van der Waals surface area contributed by atoms with Crippen LogP contribution in [0.3, 0.4) is 0 Å². The van der Waals surface area contributed by atoms with Crippen LogP contribution in [0.25, 0.3) is 0 Å². The van der Waals surface area contributed by atoms with E-state index in [0.717, 1.165) is 50.2 Å². The van der Waals surface area contributed by atoms with Crippen LogP contribution in [-0.2, 0) is 0 Å². The summed E-state index contributed by atoms with van der Waals surface area (Å²) >= 11 is 0. The van der Waals surface area contributed by atoms with Gasteiger partial charge in [-0.1, -0.05) is 6.07 Å². The second kappa shape index (κ2) is 8.71. The van der Waals surface area contributed by atoms with Crippen molar-refractivity contribution in [1.82, 2.24) is 25.4 Å². The van der Waals surface area contributed by atoms with Crippen molar-refractivity contribution >= 4 is 17.7 Å². The van der Waals surface area contributed by atoms with E-state index in [4.69, 9.17) is 4.74 Å². The van der Waals surface area contributed by atoms with Crippen molar-refractivity contribution in [3.05, 3.63) is 30.0 Å². The van der Waals surface area contributed by atoms with Gasteiger partial charge in [0.1, 0.15) is 5.82 Å². The Labute approximate surface area is 171 Å². The van der Waals surface area contributed by atoms with Gasteiger partial charge in [-0.05, 0) is 52.0 Å². The van der Waals surface area contributed by atoms with Gasteiger partial charge in [0.15, 0.2) is 5.82 Å². The van der Waals surface area contributed by atoms with Crippen molar-refractivity contribution in [3.63, 3.8) is 0 Å². The highest BCUT2D eigenvalue weighted by Gasteiger charge is 2.33. The molecule has 2 aromatic rings. The van der Waals surface area contributed by atoms with Crippen molar-refractivity contribution in [3.8, 4) is 5.88 Å². The van der Waals surface area contributed by atoms with Gasteiger partial charge in [-0.15, -0.1) is 0 Å². The number of carbonyl (C=O) groups excluding carboxylic acids is 1. The molecule has 2 aromatic heterocycles. The van der Waals surface area contributed by atoms with Gasteiger partial charge in [-0.2, -0.15) is 10.1 Å². The fraction of sp³-hybridized carbons (Fsp3) is 0.571. The molecule has 0 spiro atoms. The first-order valence-corrected chi connectivity index (χ1v) is 10.6. The number of anilines is 2. The largest absolute Gasteiger partial charge is 0.478 e. The molecule has 8 nitrogen and oxygen atoms in total. The maximum atomic E-state index is 12.8. The summed E-state index contributed by atoms with van der Waals surface area (Å²) in [7, 11) is 0. The lowest BCUT2D eigenvalue weighted by molar-refractivity contribution is 0.168. The SMILES string of the molecule is CC(C)NC(=O)N1CCCCOc2cccc(n2)Nc2cc([nH]n2)[C@H]2CC[C@@H]1C2. The molecule has 29 heavy (non-hydrogen) atoms. The Morgan fingerprint density at radius 2 is 2.17 bits per heavy atom. The van der Waals surface area contributed by atoms with Crippen molar-refractivity contribution in [2.75, 3.05) is 18.5 Å². The van der Waals surface area contributed by atoms with E-state index in [1.807, 2.05) is 43.0 Å². The zero-order valence-electron chi connectivity index (χ0n) is 17.1. The molecule has 0 aromatic carbocycles. The van der Waals surface area contributed by atoms with E-state index in [-0.39, 0.29) is 18.1 Å². The molecule has 2 amide bonds. The maximum absolute atomic E-state index is 12.8. The van der Waals surface area contributed by atoms with Crippen molar-refractivity contribution in [2.24, 2.45) is 0 Å². The van der Waals surface area contributed by atoms with E-state index < -0.39 is 0 Å². The number of ether oxygens (including phenoxy) is 1. The van der Waals surface area contributed by atoms with Gasteiger partial charge in [0.25, 0.3) is 0 Å². The molecule has 0 unspecified atom stereocenters. The summed E-state index contributed by atoms with van der Waals surface area (Å²) in [6.45, 7) is 5.32. The predicted molar refractivity (Wildman–Crippen MR) is 112 cm³/mol. The standard InChI is InChI=1S/C21H30N6O2/c1-14(2)22-21(28)27-10-3-4-11-29-20-7-5-6-18(24-20)23-19-13-17(25-26-19)15-8-9-16(27)12-15/h5-7,13-16H,3-4,8-12H2,1-2H3,(H,22,28)(H2,23,24,25,26)/t15-,16+/m0/s1. The van der Waals surface area contributed by atoms with Crippen molar-refractivity contribution in [1.29, 1.82) is 0 Å². The topological polar surface area (TPSA) is 95.2 Å². The van der Waals surface area contributed by atoms with Gasteiger partial charge in [-0.3, -0.25) is 5.10 Å². The first-order valence-electron chi connectivity index (χ1n) is 10.6. The van der Waals surface area contributed by atoms with Crippen LogP contribution in [0.15, 0.2) is 24.3 Å². The smallest absolute Gasteiger partial charge is 0.317 e. The van der Waals surface area contributed by atoms with Crippen LogP contribution in [0.5, 0.6) is 5.88 Å². The third-order valence-corrected chi connectivity index (χ3v) is 5.58. The monoisotopic (exact) mass is 398 g/mol. The van der Waals surface area contributed by atoms with Crippen LogP contribution in [-0.4, -0.2) is 51.3 Å². The Bertz CT molecular complexity index is 836. The summed E-state index contributed by atoms with van der Waals surface area (Å²) in [5.74, 6) is 2.43. The molecular formula is C21H30N6O2. The quantitative estimate of drug-likeness (QED) is 0.680. The highest BCUT2D eigenvalue weighted by atomic mass is 16.5. The summed E-state index contributed by atoms with van der Waals surface area (Å²) in [5, 5.41) is 13.9. The van der Waals surface area contributed by atoms with E-state index in [0.29, 0.717) is 24.2 Å². The number of aromatic nitrogens is 3. The molecule has 8 heteroatoms. The number of urea groups is 1. The van der Waals surface area contributed by atoms with Gasteiger partial charge < -0.3 is 20.3 Å². The maximum Gasteiger partial charge on any atom is 0.317 e. The minimum atomic E-state index is 0.0361. The molecule has 4 rings (SSSR count). The lowest BCUT2D eigenvalue weighted by Gasteiger charge is -2.30. The Balaban J connectivity index is 1.55. The highest BCUT2D eigenvalue weighted by molar-refractivity contribution is 5.74. The second-order valence-electron chi connectivity index (χ2n) is 8.21. The lowest BCUT2D eigenvalue weighted by atomic mass is 10.0. The van der Waals surface area contributed by atoms with E-state index in [2.05, 4.69) is 25.8 Å². The number of hydrogen-bond acceptors (Lipinski definition) is 5. The number of carbonyl (C=O) groups is 1. The molecule has 0 saturated heterocycles. The molecular weight excluding hydrogens is 368 g/mol. The van der Waals surface area contributed by atoms with E-state index in [1.54, 1.807) is 0 Å². The van der Waals surface area contributed by atoms with Crippen LogP contribution < -0.4 is 15.4 Å². The van der Waals surface area contributed by atoms with Gasteiger partial charge in [-0.25, -0.2) is 4.79 Å². The molecule has 1 fully saturated rings. The normalized spacial score (nSPS) is 22.1. The first-order chi connectivity index (χ1) is 14.1. The first kappa shape index (κ1) is 19.5. The summed E-state index contributed by atoms with van der Waals surface area (Å²) < 4.78 is 5.81. The molecule has 1 aliphatic carbocycles. The minimum absolute atomic E-state index is 0.0361. The average Bonchev–Trinajstić information content (AvgIpc) is 3.33. The Morgan fingerprint density at radius 3 is 3.03 bits per heavy atom. The van der Waals surface area contributed by atoms with Crippen LogP contribution >= 0.6 is 0 Å². The number of hydrogen-bond donors (Lipinski definition) is 3. The number of amides is 2. The number of H-pyrrole nitrogens is 1. The Kier molecular flexibility index (Phi) is 5.87. The summed E-state index contributed by atoms with van der Waals surface area (Å²) in [6, 6.07) is 8.14. The predicted octanol–water partition coefficient (Wildman–Crippen LogP) is 3.78. The van der Waals surface area contributed by atoms with E-state index >= 15 is 0 Å². The fourth-order valence-corrected chi connectivity index (χ4v) is 4.17. The zero-order chi connectivity index (χ0) is 20.2. The average molecular weight is 399 g/mol. The molecule has 1 saturated carbocycles. The number of pyridine rings is 1. The molecule has 1 aliphatic heterocycles. The fourth-order valence-electron chi connectivity index (χ4n) is 4.17. The van der Waals surface area contributed by atoms with Crippen molar-refractivity contribution < 1.29 is 9.53 Å². The molecule has 0 radical (unpaired) electrons. The Hall–Kier alpha value is -2.77. The summed E-state index contributed by atoms with van der Waals surface area (Å²) in [4.78, 5) is 19.3. The highest BCUT2D eigenvalue weighted by Crippen LogP contribution is 2.37. The van der Waals surface area contributed by atoms with E-state index in [9.17, 15) is 4.79 Å². The third kappa shape index (κ3) is 4.81. The number of nitrogens with zero attached hydrogens (tertiary/aromatic N) is 3. The van der Waals surface area contributed by atoms with Crippen LogP contribution in [0, 0.1) is 0 Å². The molecule has 156 valence electrons. The summed E-state index contributed by atoms with van der Waals surface area (Å²) in [5.41, 5.74) is 1.11.